The Morgan fingerprint density at radius 1 is 1.53 bits per heavy atom. The van der Waals surface area contributed by atoms with Gasteiger partial charge in [-0.25, -0.2) is 4.79 Å². The van der Waals surface area contributed by atoms with Crippen molar-refractivity contribution in [3.8, 4) is 5.75 Å². The van der Waals surface area contributed by atoms with Gasteiger partial charge in [0.2, 0.25) is 0 Å². The minimum Gasteiger partial charge on any atom is -0.495 e. The smallest absolute Gasteiger partial charge is 0.337 e. The van der Waals surface area contributed by atoms with Gasteiger partial charge in [0.25, 0.3) is 0 Å². The third-order valence-corrected chi connectivity index (χ3v) is 2.29. The van der Waals surface area contributed by atoms with Gasteiger partial charge in [0.05, 0.1) is 12.1 Å². The second kappa shape index (κ2) is 4.51. The molecule has 1 aromatic rings. The van der Waals surface area contributed by atoms with E-state index in [0.29, 0.717) is 11.3 Å². The van der Waals surface area contributed by atoms with Crippen molar-refractivity contribution < 1.29 is 19.7 Å². The zero-order valence-electron chi connectivity index (χ0n) is 8.32. The molecule has 5 heteroatoms. The molecule has 2 N–H and O–H groups in total. The number of methoxy groups -OCH3 is 1. The number of ether oxygens (including phenoxy) is 1. The van der Waals surface area contributed by atoms with E-state index in [9.17, 15) is 9.90 Å². The van der Waals surface area contributed by atoms with Gasteiger partial charge >= 0.3 is 5.97 Å². The number of aliphatic carboxylic acids is 1. The summed E-state index contributed by atoms with van der Waals surface area (Å²) in [6, 6.07) is 2.91. The lowest BCUT2D eigenvalue weighted by Gasteiger charge is -2.11. The van der Waals surface area contributed by atoms with Crippen LogP contribution in [0.1, 0.15) is 17.2 Å². The molecule has 0 aliphatic heterocycles. The molecule has 0 fully saturated rings. The topological polar surface area (TPSA) is 66.8 Å². The van der Waals surface area contributed by atoms with E-state index in [1.165, 1.54) is 19.2 Å². The van der Waals surface area contributed by atoms with E-state index in [1.807, 2.05) is 0 Å². The number of halogens is 1. The number of aliphatic hydroxyl groups is 1. The van der Waals surface area contributed by atoms with E-state index in [4.69, 9.17) is 21.4 Å². The molecule has 0 aliphatic rings. The normalized spacial score (nSPS) is 12.3. The van der Waals surface area contributed by atoms with Crippen molar-refractivity contribution in [3.63, 3.8) is 0 Å². The number of carboxylic acid groups (broad SMARTS) is 1. The Morgan fingerprint density at radius 2 is 2.13 bits per heavy atom. The minimum absolute atomic E-state index is 0.241. The number of carboxylic acids is 1. The van der Waals surface area contributed by atoms with E-state index >= 15 is 0 Å². The van der Waals surface area contributed by atoms with E-state index in [0.717, 1.165) is 0 Å². The molecule has 15 heavy (non-hydrogen) atoms. The Bertz CT molecular complexity index is 366. The Kier molecular flexibility index (Phi) is 3.55. The lowest BCUT2D eigenvalue weighted by Crippen LogP contribution is -2.10. The summed E-state index contributed by atoms with van der Waals surface area (Å²) in [5.74, 6) is -0.825. The van der Waals surface area contributed by atoms with Crippen LogP contribution in [-0.2, 0) is 4.79 Å². The van der Waals surface area contributed by atoms with E-state index in [-0.39, 0.29) is 10.6 Å². The van der Waals surface area contributed by atoms with Gasteiger partial charge in [-0.15, -0.1) is 0 Å². The van der Waals surface area contributed by atoms with Crippen LogP contribution in [0.15, 0.2) is 12.1 Å². The number of aliphatic hydroxyl groups excluding tert-OH is 1. The molecule has 0 bridgehead atoms. The molecule has 0 heterocycles. The highest BCUT2D eigenvalue weighted by Crippen LogP contribution is 2.31. The first kappa shape index (κ1) is 11.8. The van der Waals surface area contributed by atoms with E-state index < -0.39 is 12.1 Å². The second-order valence-electron chi connectivity index (χ2n) is 3.09. The summed E-state index contributed by atoms with van der Waals surface area (Å²) in [7, 11) is 1.47. The molecule has 0 aliphatic carbocycles. The summed E-state index contributed by atoms with van der Waals surface area (Å²) >= 11 is 5.85. The van der Waals surface area contributed by atoms with Crippen LogP contribution in [0.5, 0.6) is 5.75 Å². The first-order valence-electron chi connectivity index (χ1n) is 4.22. The molecule has 0 radical (unpaired) electrons. The maximum atomic E-state index is 10.6. The molecule has 0 saturated heterocycles. The average molecular weight is 231 g/mol. The average Bonchev–Trinajstić information content (AvgIpc) is 2.15. The maximum Gasteiger partial charge on any atom is 0.337 e. The third kappa shape index (κ3) is 2.40. The van der Waals surface area contributed by atoms with Crippen LogP contribution in [0.3, 0.4) is 0 Å². The SMILES string of the molecule is COc1c(C)cc(C(O)C(=O)O)cc1Cl. The van der Waals surface area contributed by atoms with Crippen LogP contribution >= 0.6 is 11.6 Å². The monoisotopic (exact) mass is 230 g/mol. The molecular formula is C10H11ClO4. The van der Waals surface area contributed by atoms with Gasteiger partial charge in [0.15, 0.2) is 6.10 Å². The van der Waals surface area contributed by atoms with Crippen molar-refractivity contribution in [2.75, 3.05) is 7.11 Å². The van der Waals surface area contributed by atoms with Crippen molar-refractivity contribution >= 4 is 17.6 Å². The van der Waals surface area contributed by atoms with Gasteiger partial charge < -0.3 is 14.9 Å². The largest absolute Gasteiger partial charge is 0.495 e. The fraction of sp³-hybridized carbons (Fsp3) is 0.300. The molecule has 1 aromatic carbocycles. The molecular weight excluding hydrogens is 220 g/mol. The maximum absolute atomic E-state index is 10.6. The number of hydrogen-bond acceptors (Lipinski definition) is 3. The molecule has 0 aromatic heterocycles. The van der Waals surface area contributed by atoms with Crippen LogP contribution in [0.2, 0.25) is 5.02 Å². The van der Waals surface area contributed by atoms with Gasteiger partial charge in [-0.05, 0) is 30.2 Å². The number of carbonyl (C=O) groups is 1. The molecule has 1 unspecified atom stereocenters. The summed E-state index contributed by atoms with van der Waals surface area (Å²) in [5.41, 5.74) is 0.922. The van der Waals surface area contributed by atoms with Gasteiger partial charge in [-0.1, -0.05) is 11.6 Å². The Balaban J connectivity index is 3.19. The quantitative estimate of drug-likeness (QED) is 0.831. The van der Waals surface area contributed by atoms with Crippen LogP contribution in [0.4, 0.5) is 0 Å². The van der Waals surface area contributed by atoms with E-state index in [2.05, 4.69) is 0 Å². The highest BCUT2D eigenvalue weighted by atomic mass is 35.5. The standard InChI is InChI=1S/C10H11ClO4/c1-5-3-6(8(12)10(13)14)4-7(11)9(5)15-2/h3-4,8,12H,1-2H3,(H,13,14). The summed E-state index contributed by atoms with van der Waals surface area (Å²) in [4.78, 5) is 10.6. The van der Waals surface area contributed by atoms with Crippen LogP contribution < -0.4 is 4.74 Å². The summed E-state index contributed by atoms with van der Waals surface area (Å²) in [6.07, 6.45) is -1.56. The lowest BCUT2D eigenvalue weighted by atomic mass is 10.1. The Morgan fingerprint density at radius 3 is 2.53 bits per heavy atom. The summed E-state index contributed by atoms with van der Waals surface area (Å²) in [5, 5.41) is 18.2. The lowest BCUT2D eigenvalue weighted by molar-refractivity contribution is -0.146. The van der Waals surface area contributed by atoms with Crippen LogP contribution in [-0.4, -0.2) is 23.3 Å². The number of rotatable bonds is 3. The Labute approximate surface area is 92.1 Å². The van der Waals surface area contributed by atoms with Crippen LogP contribution in [0.25, 0.3) is 0 Å². The van der Waals surface area contributed by atoms with E-state index in [1.54, 1.807) is 6.92 Å². The fourth-order valence-electron chi connectivity index (χ4n) is 1.32. The number of aryl methyl sites for hydroxylation is 1. The molecule has 1 atom stereocenters. The van der Waals surface area contributed by atoms with Gasteiger partial charge in [-0.3, -0.25) is 0 Å². The molecule has 0 spiro atoms. The number of hydrogen-bond donors (Lipinski definition) is 2. The van der Waals surface area contributed by atoms with Gasteiger partial charge in [0.1, 0.15) is 5.75 Å². The molecule has 0 saturated carbocycles. The zero-order valence-corrected chi connectivity index (χ0v) is 9.08. The molecule has 1 rings (SSSR count). The first-order chi connectivity index (χ1) is 6.97. The van der Waals surface area contributed by atoms with Crippen molar-refractivity contribution in [1.29, 1.82) is 0 Å². The summed E-state index contributed by atoms with van der Waals surface area (Å²) < 4.78 is 5.01. The predicted molar refractivity (Wildman–Crippen MR) is 55.3 cm³/mol. The molecule has 0 amide bonds. The number of benzene rings is 1. The van der Waals surface area contributed by atoms with Crippen LogP contribution in [0, 0.1) is 6.92 Å². The van der Waals surface area contributed by atoms with Crippen molar-refractivity contribution in [1.82, 2.24) is 0 Å². The minimum atomic E-state index is -1.56. The van der Waals surface area contributed by atoms with Crippen molar-refractivity contribution in [2.24, 2.45) is 0 Å². The molecule has 82 valence electrons. The van der Waals surface area contributed by atoms with Gasteiger partial charge in [-0.2, -0.15) is 0 Å². The van der Waals surface area contributed by atoms with Crippen molar-refractivity contribution in [3.05, 3.63) is 28.3 Å². The highest BCUT2D eigenvalue weighted by Gasteiger charge is 2.18. The first-order valence-corrected chi connectivity index (χ1v) is 4.60. The van der Waals surface area contributed by atoms with Crippen molar-refractivity contribution in [2.45, 2.75) is 13.0 Å². The zero-order chi connectivity index (χ0) is 11.6. The third-order valence-electron chi connectivity index (χ3n) is 2.01. The summed E-state index contributed by atoms with van der Waals surface area (Å²) in [6.45, 7) is 1.72. The van der Waals surface area contributed by atoms with Gasteiger partial charge in [0, 0.05) is 0 Å². The highest BCUT2D eigenvalue weighted by molar-refractivity contribution is 6.32. The fourth-order valence-corrected chi connectivity index (χ4v) is 1.67. The Hall–Kier alpha value is -1.26. The molecule has 4 nitrogen and oxygen atoms in total. The second-order valence-corrected chi connectivity index (χ2v) is 3.50. The predicted octanol–water partition coefficient (Wildman–Crippen LogP) is 1.78.